The first-order valence-corrected chi connectivity index (χ1v) is 6.60. The standard InChI is InChI=1S/C10H16O4S/c1-9(2)6-4-8(11)10(9,3)5-7(6)15(12,13)14/h6-7H,4-5H2,1-3H3,(H,12,13,14)/t6?,7?,10-/m0/s1. The van der Waals surface area contributed by atoms with Crippen LogP contribution in [0.2, 0.25) is 0 Å². The van der Waals surface area contributed by atoms with Gasteiger partial charge in [0.25, 0.3) is 10.1 Å². The number of carbonyl (C=O) groups excluding carboxylic acids is 1. The summed E-state index contributed by atoms with van der Waals surface area (Å²) in [5.74, 6) is -0.0950. The number of rotatable bonds is 1. The first kappa shape index (κ1) is 11.1. The average Bonchev–Trinajstić information content (AvgIpc) is 2.33. The summed E-state index contributed by atoms with van der Waals surface area (Å²) >= 11 is 0. The van der Waals surface area contributed by atoms with Crippen LogP contribution in [0.5, 0.6) is 0 Å². The van der Waals surface area contributed by atoms with Gasteiger partial charge in [0.05, 0.1) is 5.25 Å². The van der Waals surface area contributed by atoms with E-state index in [9.17, 15) is 13.2 Å². The highest BCUT2D eigenvalue weighted by atomic mass is 32.2. The van der Waals surface area contributed by atoms with Gasteiger partial charge in [-0.2, -0.15) is 8.42 Å². The Morgan fingerprint density at radius 3 is 2.13 bits per heavy atom. The van der Waals surface area contributed by atoms with E-state index in [4.69, 9.17) is 4.55 Å². The number of fused-ring (bicyclic) bond motifs is 2. The molecule has 2 bridgehead atoms. The molecule has 1 N–H and O–H groups in total. The molecule has 2 aliphatic rings. The van der Waals surface area contributed by atoms with Gasteiger partial charge in [-0.05, 0) is 17.8 Å². The Morgan fingerprint density at radius 1 is 1.33 bits per heavy atom. The summed E-state index contributed by atoms with van der Waals surface area (Å²) in [6.07, 6.45) is 0.552. The number of carbonyl (C=O) groups is 1. The quantitative estimate of drug-likeness (QED) is 0.691. The van der Waals surface area contributed by atoms with Crippen LogP contribution in [0.4, 0.5) is 0 Å². The maximum absolute atomic E-state index is 11.8. The number of hydrogen-bond acceptors (Lipinski definition) is 3. The maximum Gasteiger partial charge on any atom is 0.268 e. The van der Waals surface area contributed by atoms with Gasteiger partial charge in [-0.3, -0.25) is 9.35 Å². The second-order valence-electron chi connectivity index (χ2n) is 5.55. The fraction of sp³-hybridized carbons (Fsp3) is 0.900. The summed E-state index contributed by atoms with van der Waals surface area (Å²) in [4.78, 5) is 11.8. The normalized spacial score (nSPS) is 43.6. The molecule has 0 aromatic heterocycles. The van der Waals surface area contributed by atoms with Crippen molar-refractivity contribution in [3.8, 4) is 0 Å². The van der Waals surface area contributed by atoms with E-state index in [-0.39, 0.29) is 30.0 Å². The molecule has 0 heterocycles. The van der Waals surface area contributed by atoms with E-state index in [0.29, 0.717) is 0 Å². The average molecular weight is 232 g/mol. The Labute approximate surface area is 89.8 Å². The summed E-state index contributed by atoms with van der Waals surface area (Å²) in [7, 11) is -4.02. The van der Waals surface area contributed by atoms with E-state index in [1.807, 2.05) is 20.8 Å². The molecule has 3 atom stereocenters. The molecule has 0 radical (unpaired) electrons. The van der Waals surface area contributed by atoms with Gasteiger partial charge >= 0.3 is 0 Å². The molecular formula is C10H16O4S. The molecule has 0 saturated heterocycles. The molecule has 15 heavy (non-hydrogen) atoms. The van der Waals surface area contributed by atoms with Crippen LogP contribution in [-0.4, -0.2) is 24.0 Å². The van der Waals surface area contributed by atoms with E-state index < -0.39 is 20.8 Å². The molecule has 2 unspecified atom stereocenters. The zero-order valence-electron chi connectivity index (χ0n) is 9.15. The second kappa shape index (κ2) is 2.63. The van der Waals surface area contributed by atoms with Gasteiger partial charge in [0.1, 0.15) is 5.78 Å². The molecule has 0 aromatic rings. The second-order valence-corrected chi connectivity index (χ2v) is 7.18. The molecular weight excluding hydrogens is 216 g/mol. The lowest BCUT2D eigenvalue weighted by atomic mass is 9.70. The third kappa shape index (κ3) is 1.16. The van der Waals surface area contributed by atoms with E-state index in [2.05, 4.69) is 0 Å². The molecule has 0 aliphatic heterocycles. The van der Waals surface area contributed by atoms with Crippen molar-refractivity contribution in [3.05, 3.63) is 0 Å². The fourth-order valence-corrected chi connectivity index (χ4v) is 4.67. The van der Waals surface area contributed by atoms with Crippen LogP contribution in [0.3, 0.4) is 0 Å². The smallest absolute Gasteiger partial charge is 0.268 e. The molecule has 2 aliphatic carbocycles. The van der Waals surface area contributed by atoms with Crippen molar-refractivity contribution in [1.29, 1.82) is 0 Å². The van der Waals surface area contributed by atoms with Crippen LogP contribution in [0.1, 0.15) is 33.6 Å². The molecule has 0 aromatic carbocycles. The predicted octanol–water partition coefficient (Wildman–Crippen LogP) is 1.27. The van der Waals surface area contributed by atoms with Crippen LogP contribution >= 0.6 is 0 Å². The van der Waals surface area contributed by atoms with E-state index >= 15 is 0 Å². The lowest BCUT2D eigenvalue weighted by molar-refractivity contribution is -0.128. The van der Waals surface area contributed by atoms with Gasteiger partial charge < -0.3 is 0 Å². The van der Waals surface area contributed by atoms with Crippen LogP contribution in [-0.2, 0) is 14.9 Å². The Bertz CT molecular complexity index is 423. The van der Waals surface area contributed by atoms with Gasteiger partial charge in [-0.25, -0.2) is 0 Å². The zero-order chi connectivity index (χ0) is 11.6. The first-order valence-electron chi connectivity index (χ1n) is 5.10. The Morgan fingerprint density at radius 2 is 1.87 bits per heavy atom. The van der Waals surface area contributed by atoms with Crippen LogP contribution in [0.25, 0.3) is 0 Å². The fourth-order valence-electron chi connectivity index (χ4n) is 3.28. The minimum Gasteiger partial charge on any atom is -0.299 e. The molecule has 2 saturated carbocycles. The highest BCUT2D eigenvalue weighted by Gasteiger charge is 2.67. The summed E-state index contributed by atoms with van der Waals surface area (Å²) in [5.41, 5.74) is -0.914. The van der Waals surface area contributed by atoms with Crippen LogP contribution in [0, 0.1) is 16.7 Å². The SMILES string of the molecule is CC1(C)C2CC(=O)[C@]1(C)CC2S(=O)(=O)O. The van der Waals surface area contributed by atoms with Crippen LogP contribution in [0.15, 0.2) is 0 Å². The number of Topliss-reactive ketones (excluding diaryl/α,β-unsaturated/α-hetero) is 1. The van der Waals surface area contributed by atoms with Crippen LogP contribution < -0.4 is 0 Å². The maximum atomic E-state index is 11.8. The zero-order valence-corrected chi connectivity index (χ0v) is 9.97. The predicted molar refractivity (Wildman–Crippen MR) is 55.0 cm³/mol. The Balaban J connectivity index is 2.50. The third-order valence-electron chi connectivity index (χ3n) is 4.81. The topological polar surface area (TPSA) is 71.4 Å². The van der Waals surface area contributed by atoms with Gasteiger partial charge in [-0.1, -0.05) is 20.8 Å². The molecule has 5 heteroatoms. The van der Waals surface area contributed by atoms with Gasteiger partial charge in [0.2, 0.25) is 0 Å². The number of ketones is 1. The molecule has 2 fully saturated rings. The molecule has 4 nitrogen and oxygen atoms in total. The summed E-state index contributed by atoms with van der Waals surface area (Å²) in [6, 6.07) is 0. The number of hydrogen-bond donors (Lipinski definition) is 1. The van der Waals surface area contributed by atoms with Crippen molar-refractivity contribution < 1.29 is 17.8 Å². The summed E-state index contributed by atoms with van der Waals surface area (Å²) in [5, 5.41) is -0.754. The Hall–Kier alpha value is -0.420. The van der Waals surface area contributed by atoms with E-state index in [1.54, 1.807) is 0 Å². The summed E-state index contributed by atoms with van der Waals surface area (Å²) in [6.45, 7) is 5.67. The van der Waals surface area contributed by atoms with Gasteiger partial charge in [-0.15, -0.1) is 0 Å². The molecule has 86 valence electrons. The first-order chi connectivity index (χ1) is 6.61. The molecule has 0 spiro atoms. The highest BCUT2D eigenvalue weighted by Crippen LogP contribution is 2.64. The van der Waals surface area contributed by atoms with Crippen molar-refractivity contribution >= 4 is 15.9 Å². The minimum absolute atomic E-state index is 0.136. The van der Waals surface area contributed by atoms with E-state index in [0.717, 1.165) is 0 Å². The third-order valence-corrected chi connectivity index (χ3v) is 6.07. The van der Waals surface area contributed by atoms with Crippen molar-refractivity contribution in [3.63, 3.8) is 0 Å². The highest BCUT2D eigenvalue weighted by molar-refractivity contribution is 7.86. The monoisotopic (exact) mass is 232 g/mol. The van der Waals surface area contributed by atoms with E-state index in [1.165, 1.54) is 0 Å². The Kier molecular flexibility index (Phi) is 1.94. The van der Waals surface area contributed by atoms with Gasteiger partial charge in [0.15, 0.2) is 0 Å². The lowest BCUT2D eigenvalue weighted by Crippen LogP contribution is -2.33. The summed E-state index contributed by atoms with van der Waals surface area (Å²) < 4.78 is 31.5. The largest absolute Gasteiger partial charge is 0.299 e. The van der Waals surface area contributed by atoms with Crippen molar-refractivity contribution in [2.24, 2.45) is 16.7 Å². The molecule has 0 amide bonds. The lowest BCUT2D eigenvalue weighted by Gasteiger charge is -2.32. The van der Waals surface area contributed by atoms with Crippen molar-refractivity contribution in [2.75, 3.05) is 0 Å². The molecule has 2 rings (SSSR count). The minimum atomic E-state index is -4.02. The van der Waals surface area contributed by atoms with Gasteiger partial charge in [0, 0.05) is 11.8 Å². The van der Waals surface area contributed by atoms with Crippen molar-refractivity contribution in [2.45, 2.75) is 38.9 Å². The van der Waals surface area contributed by atoms with Crippen molar-refractivity contribution in [1.82, 2.24) is 0 Å².